The molecule has 3 rings (SSSR count). The molecule has 0 bridgehead atoms. The van der Waals surface area contributed by atoms with Crippen molar-refractivity contribution in [2.24, 2.45) is 0 Å². The van der Waals surface area contributed by atoms with Crippen LogP contribution in [0.2, 0.25) is 0 Å². The number of H-pyrrole nitrogens is 1. The highest BCUT2D eigenvalue weighted by Gasteiger charge is 2.21. The van der Waals surface area contributed by atoms with E-state index in [1.807, 2.05) is 25.1 Å². The molecular formula is C15H18BrClN4O. The Bertz CT molecular complexity index is 686. The molecule has 118 valence electrons. The lowest BCUT2D eigenvalue weighted by atomic mass is 10.1. The molecule has 5 nitrogen and oxygen atoms in total. The van der Waals surface area contributed by atoms with Crippen molar-refractivity contribution in [2.45, 2.75) is 26.4 Å². The van der Waals surface area contributed by atoms with Gasteiger partial charge in [-0.2, -0.15) is 5.10 Å². The number of hydrogen-bond acceptors (Lipinski definition) is 3. The van der Waals surface area contributed by atoms with Crippen molar-refractivity contribution in [3.63, 3.8) is 0 Å². The number of halogens is 2. The molecule has 3 N–H and O–H groups in total. The molecule has 1 aliphatic rings. The summed E-state index contributed by atoms with van der Waals surface area (Å²) in [7, 11) is 0. The van der Waals surface area contributed by atoms with Crippen LogP contribution in [0.5, 0.6) is 0 Å². The van der Waals surface area contributed by atoms with E-state index >= 15 is 0 Å². The summed E-state index contributed by atoms with van der Waals surface area (Å²) in [5.41, 5.74) is 4.82. The summed E-state index contributed by atoms with van der Waals surface area (Å²) in [6.45, 7) is 4.17. The molecule has 0 spiro atoms. The Morgan fingerprint density at radius 2 is 2.27 bits per heavy atom. The van der Waals surface area contributed by atoms with Crippen LogP contribution in [0.1, 0.15) is 32.9 Å². The van der Waals surface area contributed by atoms with Crippen LogP contribution < -0.4 is 10.6 Å². The van der Waals surface area contributed by atoms with Gasteiger partial charge in [-0.15, -0.1) is 12.4 Å². The van der Waals surface area contributed by atoms with Gasteiger partial charge in [0, 0.05) is 41.8 Å². The van der Waals surface area contributed by atoms with E-state index in [0.717, 1.165) is 39.8 Å². The number of aryl methyl sites for hydroxylation is 1. The summed E-state index contributed by atoms with van der Waals surface area (Å²) in [6.07, 6.45) is 0.890. The van der Waals surface area contributed by atoms with E-state index < -0.39 is 0 Å². The number of hydrogen-bond donors (Lipinski definition) is 3. The molecule has 0 saturated carbocycles. The summed E-state index contributed by atoms with van der Waals surface area (Å²) >= 11 is 3.44. The molecule has 0 radical (unpaired) electrons. The van der Waals surface area contributed by atoms with Crippen molar-refractivity contribution in [1.82, 2.24) is 20.8 Å². The zero-order valence-electron chi connectivity index (χ0n) is 12.2. The number of nitrogens with one attached hydrogen (secondary N) is 3. The topological polar surface area (TPSA) is 69.8 Å². The fourth-order valence-corrected chi connectivity index (χ4v) is 3.01. The number of carbonyl (C=O) groups is 1. The van der Waals surface area contributed by atoms with Crippen LogP contribution in [0, 0.1) is 6.92 Å². The van der Waals surface area contributed by atoms with Crippen LogP contribution in [0.15, 0.2) is 22.7 Å². The van der Waals surface area contributed by atoms with Crippen LogP contribution in [-0.2, 0) is 19.5 Å². The van der Waals surface area contributed by atoms with Gasteiger partial charge < -0.3 is 10.6 Å². The molecule has 0 atom stereocenters. The molecule has 1 amide bonds. The minimum absolute atomic E-state index is 0. The van der Waals surface area contributed by atoms with Crippen molar-refractivity contribution in [3.05, 3.63) is 50.8 Å². The summed E-state index contributed by atoms with van der Waals surface area (Å²) in [5.74, 6) is -0.126. The van der Waals surface area contributed by atoms with Crippen molar-refractivity contribution in [2.75, 3.05) is 6.54 Å². The average Bonchev–Trinajstić information content (AvgIpc) is 2.90. The number of fused-ring (bicyclic) bond motifs is 1. The fourth-order valence-electron chi connectivity index (χ4n) is 2.53. The van der Waals surface area contributed by atoms with Gasteiger partial charge in [-0.05, 0) is 30.2 Å². The first-order chi connectivity index (χ1) is 10.1. The molecule has 22 heavy (non-hydrogen) atoms. The molecular weight excluding hydrogens is 368 g/mol. The van der Waals surface area contributed by atoms with E-state index in [1.165, 1.54) is 0 Å². The van der Waals surface area contributed by atoms with Crippen LogP contribution in [-0.4, -0.2) is 22.6 Å². The highest BCUT2D eigenvalue weighted by atomic mass is 79.9. The maximum atomic E-state index is 12.3. The standard InChI is InChI=1S/C15H17BrN4O.ClH/c1-9-6-11(16)3-2-10(9)7-18-15(21)14-12-8-17-5-4-13(12)19-20-14;/h2-3,6,17H,4-5,7-8H2,1H3,(H,18,21)(H,19,20);1H. The maximum absolute atomic E-state index is 12.3. The molecule has 1 aromatic carbocycles. The van der Waals surface area contributed by atoms with E-state index in [-0.39, 0.29) is 18.3 Å². The second-order valence-electron chi connectivity index (χ2n) is 5.21. The lowest BCUT2D eigenvalue weighted by Gasteiger charge is -2.13. The first kappa shape index (κ1) is 17.0. The third-order valence-corrected chi connectivity index (χ3v) is 4.26. The van der Waals surface area contributed by atoms with Gasteiger partial charge in [0.05, 0.1) is 0 Å². The van der Waals surface area contributed by atoms with E-state index in [1.54, 1.807) is 0 Å². The molecule has 1 aromatic heterocycles. The van der Waals surface area contributed by atoms with Gasteiger partial charge in [-0.3, -0.25) is 9.89 Å². The Morgan fingerprint density at radius 1 is 1.45 bits per heavy atom. The molecule has 2 aromatic rings. The third kappa shape index (κ3) is 3.51. The first-order valence-electron chi connectivity index (χ1n) is 6.95. The number of amides is 1. The highest BCUT2D eigenvalue weighted by Crippen LogP contribution is 2.17. The zero-order valence-corrected chi connectivity index (χ0v) is 14.6. The fraction of sp³-hybridized carbons (Fsp3) is 0.333. The zero-order chi connectivity index (χ0) is 14.8. The van der Waals surface area contributed by atoms with Crippen molar-refractivity contribution >= 4 is 34.2 Å². The van der Waals surface area contributed by atoms with Gasteiger partial charge in [0.1, 0.15) is 0 Å². The van der Waals surface area contributed by atoms with Gasteiger partial charge in [0.25, 0.3) is 5.91 Å². The molecule has 7 heteroatoms. The number of nitrogens with zero attached hydrogens (tertiary/aromatic N) is 1. The minimum atomic E-state index is -0.126. The highest BCUT2D eigenvalue weighted by molar-refractivity contribution is 9.10. The van der Waals surface area contributed by atoms with Crippen LogP contribution in [0.3, 0.4) is 0 Å². The lowest BCUT2D eigenvalue weighted by molar-refractivity contribution is 0.0944. The van der Waals surface area contributed by atoms with E-state index in [0.29, 0.717) is 18.8 Å². The van der Waals surface area contributed by atoms with Gasteiger partial charge in [0.15, 0.2) is 5.69 Å². The first-order valence-corrected chi connectivity index (χ1v) is 7.74. The number of benzene rings is 1. The Labute approximate surface area is 143 Å². The monoisotopic (exact) mass is 384 g/mol. The summed E-state index contributed by atoms with van der Waals surface area (Å²) in [6, 6.07) is 6.04. The Balaban J connectivity index is 0.00000176. The van der Waals surface area contributed by atoms with E-state index in [2.05, 4.69) is 36.8 Å². The van der Waals surface area contributed by atoms with Crippen molar-refractivity contribution in [3.8, 4) is 0 Å². The number of rotatable bonds is 3. The van der Waals surface area contributed by atoms with Crippen molar-refractivity contribution < 1.29 is 4.79 Å². The lowest BCUT2D eigenvalue weighted by Crippen LogP contribution is -2.28. The minimum Gasteiger partial charge on any atom is -0.347 e. The summed E-state index contributed by atoms with van der Waals surface area (Å²) < 4.78 is 1.04. The molecule has 0 fully saturated rings. The van der Waals surface area contributed by atoms with Crippen molar-refractivity contribution in [1.29, 1.82) is 0 Å². The largest absolute Gasteiger partial charge is 0.347 e. The third-order valence-electron chi connectivity index (χ3n) is 3.77. The second kappa shape index (κ2) is 7.26. The predicted molar refractivity (Wildman–Crippen MR) is 91.3 cm³/mol. The van der Waals surface area contributed by atoms with E-state index in [4.69, 9.17) is 0 Å². The van der Waals surface area contributed by atoms with Gasteiger partial charge in [-0.1, -0.05) is 22.0 Å². The summed E-state index contributed by atoms with van der Waals surface area (Å²) in [4.78, 5) is 12.3. The number of aromatic amines is 1. The SMILES string of the molecule is Cc1cc(Br)ccc1CNC(=O)c1n[nH]c2c1CNCC2.Cl. The van der Waals surface area contributed by atoms with Crippen LogP contribution in [0.4, 0.5) is 0 Å². The van der Waals surface area contributed by atoms with E-state index in [9.17, 15) is 4.79 Å². The smallest absolute Gasteiger partial charge is 0.272 e. The Hall–Kier alpha value is -1.37. The molecule has 2 heterocycles. The predicted octanol–water partition coefficient (Wildman–Crippen LogP) is 2.48. The van der Waals surface area contributed by atoms with Gasteiger partial charge in [0.2, 0.25) is 0 Å². The Kier molecular flexibility index (Phi) is 5.61. The van der Waals surface area contributed by atoms with Gasteiger partial charge >= 0.3 is 0 Å². The second-order valence-corrected chi connectivity index (χ2v) is 6.13. The molecule has 0 unspecified atom stereocenters. The van der Waals surface area contributed by atoms with Crippen LogP contribution >= 0.6 is 28.3 Å². The molecule has 0 saturated heterocycles. The normalized spacial score (nSPS) is 13.2. The average molecular weight is 386 g/mol. The van der Waals surface area contributed by atoms with Gasteiger partial charge in [-0.25, -0.2) is 0 Å². The summed E-state index contributed by atoms with van der Waals surface area (Å²) in [5, 5.41) is 13.3. The molecule has 0 aliphatic carbocycles. The number of carbonyl (C=O) groups excluding carboxylic acids is 1. The maximum Gasteiger partial charge on any atom is 0.272 e. The number of aromatic nitrogens is 2. The quantitative estimate of drug-likeness (QED) is 0.760. The Morgan fingerprint density at radius 3 is 3.05 bits per heavy atom. The molecule has 1 aliphatic heterocycles. The van der Waals surface area contributed by atoms with Crippen LogP contribution in [0.25, 0.3) is 0 Å².